The minimum absolute atomic E-state index is 0.573. The number of benzene rings is 1. The third-order valence-electron chi connectivity index (χ3n) is 3.82. The second-order valence-corrected chi connectivity index (χ2v) is 5.13. The molecule has 0 aliphatic carbocycles. The second-order valence-electron chi connectivity index (χ2n) is 5.13. The SMILES string of the molecule is Cc1cc(N2CCn3cccc3C2)cc(C)c1N=O. The van der Waals surface area contributed by atoms with Gasteiger partial charge in [0.2, 0.25) is 0 Å². The van der Waals surface area contributed by atoms with Crippen LogP contribution in [0.4, 0.5) is 11.4 Å². The summed E-state index contributed by atoms with van der Waals surface area (Å²) >= 11 is 0. The van der Waals surface area contributed by atoms with Gasteiger partial charge in [-0.2, -0.15) is 0 Å². The van der Waals surface area contributed by atoms with E-state index in [0.717, 1.165) is 30.8 Å². The van der Waals surface area contributed by atoms with Gasteiger partial charge in [0.1, 0.15) is 5.69 Å². The molecular weight excluding hydrogens is 238 g/mol. The first-order valence-electron chi connectivity index (χ1n) is 6.52. The van der Waals surface area contributed by atoms with Gasteiger partial charge in [0.05, 0.1) is 6.54 Å². The van der Waals surface area contributed by atoms with Crippen LogP contribution < -0.4 is 4.90 Å². The summed E-state index contributed by atoms with van der Waals surface area (Å²) in [5.74, 6) is 0. The molecule has 0 spiro atoms. The average Bonchev–Trinajstić information content (AvgIpc) is 2.85. The molecule has 0 bridgehead atoms. The van der Waals surface area contributed by atoms with Crippen LogP contribution in [0.3, 0.4) is 0 Å². The van der Waals surface area contributed by atoms with Crippen molar-refractivity contribution < 1.29 is 0 Å². The molecule has 19 heavy (non-hydrogen) atoms. The molecule has 4 heteroatoms. The highest BCUT2D eigenvalue weighted by Crippen LogP contribution is 2.30. The zero-order valence-corrected chi connectivity index (χ0v) is 11.3. The summed E-state index contributed by atoms with van der Waals surface area (Å²) in [6.45, 7) is 6.81. The third kappa shape index (κ3) is 2.03. The van der Waals surface area contributed by atoms with Gasteiger partial charge >= 0.3 is 0 Å². The molecule has 2 aromatic rings. The summed E-state index contributed by atoms with van der Waals surface area (Å²) in [6.07, 6.45) is 2.13. The third-order valence-corrected chi connectivity index (χ3v) is 3.82. The average molecular weight is 255 g/mol. The van der Waals surface area contributed by atoms with E-state index in [4.69, 9.17) is 0 Å². The van der Waals surface area contributed by atoms with Crippen molar-refractivity contribution in [3.63, 3.8) is 0 Å². The van der Waals surface area contributed by atoms with E-state index >= 15 is 0 Å². The van der Waals surface area contributed by atoms with Crippen LogP contribution >= 0.6 is 0 Å². The van der Waals surface area contributed by atoms with Crippen LogP contribution in [0.2, 0.25) is 0 Å². The number of anilines is 1. The lowest BCUT2D eigenvalue weighted by Crippen LogP contribution is -2.33. The lowest BCUT2D eigenvalue weighted by atomic mass is 10.1. The van der Waals surface area contributed by atoms with Crippen molar-refractivity contribution in [3.8, 4) is 0 Å². The monoisotopic (exact) mass is 255 g/mol. The van der Waals surface area contributed by atoms with E-state index < -0.39 is 0 Å². The summed E-state index contributed by atoms with van der Waals surface area (Å²) in [5, 5.41) is 3.11. The number of hydrogen-bond donors (Lipinski definition) is 0. The molecule has 2 heterocycles. The number of aromatic nitrogens is 1. The van der Waals surface area contributed by atoms with Crippen molar-refractivity contribution in [2.75, 3.05) is 11.4 Å². The highest BCUT2D eigenvalue weighted by atomic mass is 16.3. The van der Waals surface area contributed by atoms with Gasteiger partial charge in [-0.25, -0.2) is 0 Å². The number of rotatable bonds is 2. The van der Waals surface area contributed by atoms with E-state index in [-0.39, 0.29) is 0 Å². The Morgan fingerprint density at radius 3 is 2.58 bits per heavy atom. The first-order valence-corrected chi connectivity index (χ1v) is 6.52. The van der Waals surface area contributed by atoms with Crippen LogP contribution in [-0.4, -0.2) is 11.1 Å². The molecule has 3 rings (SSSR count). The minimum atomic E-state index is 0.573. The van der Waals surface area contributed by atoms with Gasteiger partial charge in [-0.05, 0) is 54.4 Å². The fraction of sp³-hybridized carbons (Fsp3) is 0.333. The Hall–Kier alpha value is -2.10. The quantitative estimate of drug-likeness (QED) is 0.770. The summed E-state index contributed by atoms with van der Waals surface area (Å²) in [6, 6.07) is 8.37. The Kier molecular flexibility index (Phi) is 2.85. The standard InChI is InChI=1S/C15H17N3O/c1-11-8-14(9-12(2)15(11)16-19)18-7-6-17-5-3-4-13(17)10-18/h3-5,8-9H,6-7,10H2,1-2H3. The maximum Gasteiger partial charge on any atom is 0.113 e. The van der Waals surface area contributed by atoms with Crippen molar-refractivity contribution in [2.45, 2.75) is 26.9 Å². The summed E-state index contributed by atoms with van der Waals surface area (Å²) in [4.78, 5) is 13.1. The number of nitroso groups, excluding NO2 is 1. The molecule has 1 aromatic carbocycles. The van der Waals surface area contributed by atoms with Gasteiger partial charge in [-0.1, -0.05) is 0 Å². The number of aryl methyl sites for hydroxylation is 2. The van der Waals surface area contributed by atoms with Crippen LogP contribution in [0.5, 0.6) is 0 Å². The molecule has 1 aliphatic rings. The van der Waals surface area contributed by atoms with Crippen molar-refractivity contribution >= 4 is 11.4 Å². The molecule has 0 fully saturated rings. The summed E-state index contributed by atoms with van der Waals surface area (Å²) in [5.41, 5.74) is 4.98. The van der Waals surface area contributed by atoms with E-state index in [0.29, 0.717) is 5.69 Å². The van der Waals surface area contributed by atoms with Gasteiger partial charge in [-0.15, -0.1) is 4.91 Å². The van der Waals surface area contributed by atoms with E-state index in [2.05, 4.69) is 45.1 Å². The normalized spacial score (nSPS) is 14.3. The van der Waals surface area contributed by atoms with Crippen LogP contribution in [-0.2, 0) is 13.1 Å². The zero-order valence-electron chi connectivity index (χ0n) is 11.3. The van der Waals surface area contributed by atoms with Crippen molar-refractivity contribution in [1.29, 1.82) is 0 Å². The highest BCUT2D eigenvalue weighted by molar-refractivity contribution is 5.62. The van der Waals surface area contributed by atoms with Crippen LogP contribution in [0.15, 0.2) is 35.6 Å². The van der Waals surface area contributed by atoms with E-state index in [1.807, 2.05) is 13.8 Å². The molecule has 98 valence electrons. The molecular formula is C15H17N3O. The predicted molar refractivity (Wildman–Crippen MR) is 76.9 cm³/mol. The van der Waals surface area contributed by atoms with E-state index in [9.17, 15) is 4.91 Å². The van der Waals surface area contributed by atoms with Crippen LogP contribution in [0.1, 0.15) is 16.8 Å². The Morgan fingerprint density at radius 2 is 1.89 bits per heavy atom. The molecule has 0 saturated heterocycles. The molecule has 0 atom stereocenters. The van der Waals surface area contributed by atoms with E-state index in [1.165, 1.54) is 11.4 Å². The Morgan fingerprint density at radius 1 is 1.16 bits per heavy atom. The first-order chi connectivity index (χ1) is 9.19. The Balaban J connectivity index is 1.94. The lowest BCUT2D eigenvalue weighted by Gasteiger charge is -2.31. The van der Waals surface area contributed by atoms with E-state index in [1.54, 1.807) is 0 Å². The van der Waals surface area contributed by atoms with Crippen LogP contribution in [0.25, 0.3) is 0 Å². The maximum absolute atomic E-state index is 10.8. The highest BCUT2D eigenvalue weighted by Gasteiger charge is 2.17. The van der Waals surface area contributed by atoms with Gasteiger partial charge in [0, 0.05) is 30.7 Å². The Labute approximate surface area is 112 Å². The smallest absolute Gasteiger partial charge is 0.113 e. The van der Waals surface area contributed by atoms with Gasteiger partial charge in [-0.3, -0.25) is 0 Å². The topological polar surface area (TPSA) is 37.6 Å². The maximum atomic E-state index is 10.8. The minimum Gasteiger partial charge on any atom is -0.364 e. The molecule has 1 aromatic heterocycles. The predicted octanol–water partition coefficient (Wildman–Crippen LogP) is 3.52. The van der Waals surface area contributed by atoms with Crippen LogP contribution in [0, 0.1) is 18.8 Å². The number of hydrogen-bond acceptors (Lipinski definition) is 3. The molecule has 1 aliphatic heterocycles. The fourth-order valence-electron chi connectivity index (χ4n) is 2.79. The molecule has 0 unspecified atom stereocenters. The molecule has 0 amide bonds. The van der Waals surface area contributed by atoms with Gasteiger partial charge < -0.3 is 9.47 Å². The number of nitrogens with zero attached hydrogens (tertiary/aromatic N) is 3. The molecule has 4 nitrogen and oxygen atoms in total. The molecule has 0 saturated carbocycles. The second kappa shape index (κ2) is 4.53. The van der Waals surface area contributed by atoms with Gasteiger partial charge in [0.15, 0.2) is 0 Å². The first kappa shape index (κ1) is 12.0. The summed E-state index contributed by atoms with van der Waals surface area (Å²) < 4.78 is 2.29. The largest absolute Gasteiger partial charge is 0.364 e. The molecule has 0 radical (unpaired) electrons. The summed E-state index contributed by atoms with van der Waals surface area (Å²) in [7, 11) is 0. The zero-order chi connectivity index (χ0) is 13.4. The van der Waals surface area contributed by atoms with Crippen molar-refractivity contribution in [2.24, 2.45) is 5.18 Å². The van der Waals surface area contributed by atoms with Gasteiger partial charge in [0.25, 0.3) is 0 Å². The van der Waals surface area contributed by atoms with Crippen molar-refractivity contribution in [3.05, 3.63) is 52.2 Å². The van der Waals surface area contributed by atoms with Crippen molar-refractivity contribution in [1.82, 2.24) is 4.57 Å². The lowest BCUT2D eigenvalue weighted by molar-refractivity contribution is 0.572. The molecule has 0 N–H and O–H groups in total. The fourth-order valence-corrected chi connectivity index (χ4v) is 2.79. The Bertz CT molecular complexity index is 607. The number of fused-ring (bicyclic) bond motifs is 1.